The Morgan fingerprint density at radius 1 is 1.18 bits per heavy atom. The Hall–Kier alpha value is -1.83. The van der Waals surface area contributed by atoms with Crippen LogP contribution in [0.2, 0.25) is 0 Å². The van der Waals surface area contributed by atoms with E-state index >= 15 is 0 Å². The van der Waals surface area contributed by atoms with E-state index in [1.807, 2.05) is 35.8 Å². The molecule has 2 nitrogen and oxygen atoms in total. The number of rotatable bonds is 4. The maximum absolute atomic E-state index is 11.4. The van der Waals surface area contributed by atoms with Gasteiger partial charge in [-0.2, -0.15) is 0 Å². The van der Waals surface area contributed by atoms with Gasteiger partial charge in [0.1, 0.15) is 5.78 Å². The van der Waals surface area contributed by atoms with E-state index in [0.29, 0.717) is 19.4 Å². The van der Waals surface area contributed by atoms with E-state index in [-0.39, 0.29) is 5.78 Å². The van der Waals surface area contributed by atoms with Gasteiger partial charge in [0.2, 0.25) is 0 Å². The van der Waals surface area contributed by atoms with Gasteiger partial charge < -0.3 is 4.57 Å². The number of fused-ring (bicyclic) bond motifs is 1. The second-order valence-corrected chi connectivity index (χ2v) is 4.23. The van der Waals surface area contributed by atoms with E-state index in [1.165, 1.54) is 0 Å². The molecule has 0 fully saturated rings. The molecule has 1 aromatic heterocycles. The van der Waals surface area contributed by atoms with Crippen LogP contribution in [0, 0.1) is 0 Å². The van der Waals surface area contributed by atoms with Gasteiger partial charge in [-0.05, 0) is 0 Å². The lowest BCUT2D eigenvalue weighted by atomic mass is 10.2. The molecule has 0 N–H and O–H groups in total. The maximum Gasteiger partial charge on any atom is 0.134 e. The third kappa shape index (κ3) is 2.03. The lowest BCUT2D eigenvalue weighted by molar-refractivity contribution is -0.118. The molecule has 0 saturated carbocycles. The summed E-state index contributed by atoms with van der Waals surface area (Å²) in [5, 5.41) is 4.16. The fourth-order valence-electron chi connectivity index (χ4n) is 2.12. The monoisotopic (exact) mass is 227 g/mol. The van der Waals surface area contributed by atoms with Crippen LogP contribution >= 0.6 is 0 Å². The predicted molar refractivity (Wildman–Crippen MR) is 72.1 cm³/mol. The average molecular weight is 227 g/mol. The van der Waals surface area contributed by atoms with Crippen molar-refractivity contribution in [1.29, 1.82) is 0 Å². The van der Waals surface area contributed by atoms with Gasteiger partial charge in [0.25, 0.3) is 0 Å². The van der Waals surface area contributed by atoms with Crippen LogP contribution in [0.3, 0.4) is 0 Å². The van der Waals surface area contributed by atoms with Gasteiger partial charge in [-0.25, -0.2) is 0 Å². The molecule has 0 radical (unpaired) electrons. The predicted octanol–water partition coefficient (Wildman–Crippen LogP) is 1.83. The first-order valence-electron chi connectivity index (χ1n) is 5.92. The minimum Gasteiger partial charge on any atom is -0.341 e. The molecular formula is C15H17NO. The normalized spacial score (nSPS) is 10.9. The molecule has 88 valence electrons. The number of nitrogens with zero attached hydrogens (tertiary/aromatic N) is 1. The molecule has 0 atom stereocenters. The number of aromatic nitrogens is 1. The molecular weight excluding hydrogens is 210 g/mol. The number of carbonyl (C=O) groups excluding carboxylic acids is 1. The average Bonchev–Trinajstić information content (AvgIpc) is 2.60. The highest BCUT2D eigenvalue weighted by atomic mass is 16.1. The topological polar surface area (TPSA) is 22.0 Å². The second kappa shape index (κ2) is 4.58. The summed E-state index contributed by atoms with van der Waals surface area (Å²) in [6, 6.07) is 8.09. The van der Waals surface area contributed by atoms with E-state index in [0.717, 1.165) is 21.5 Å². The maximum atomic E-state index is 11.4. The highest BCUT2D eigenvalue weighted by Gasteiger charge is 2.05. The lowest BCUT2D eigenvalue weighted by Crippen LogP contribution is -2.26. The Balaban J connectivity index is 2.45. The van der Waals surface area contributed by atoms with Crippen molar-refractivity contribution >= 4 is 29.7 Å². The van der Waals surface area contributed by atoms with Gasteiger partial charge in [0.05, 0.1) is 0 Å². The van der Waals surface area contributed by atoms with E-state index < -0.39 is 0 Å². The van der Waals surface area contributed by atoms with Crippen molar-refractivity contribution < 1.29 is 4.79 Å². The van der Waals surface area contributed by atoms with Crippen molar-refractivity contribution in [3.05, 3.63) is 35.0 Å². The zero-order valence-corrected chi connectivity index (χ0v) is 10.2. The molecule has 0 saturated heterocycles. The molecule has 0 bridgehead atoms. The second-order valence-electron chi connectivity index (χ2n) is 4.23. The Bertz CT molecular complexity index is 604. The van der Waals surface area contributed by atoms with E-state index in [2.05, 4.69) is 13.2 Å². The zero-order valence-electron chi connectivity index (χ0n) is 10.2. The minimum atomic E-state index is 0.279. The van der Waals surface area contributed by atoms with Crippen LogP contribution in [-0.4, -0.2) is 10.4 Å². The summed E-state index contributed by atoms with van der Waals surface area (Å²) in [5.74, 6) is 0.279. The van der Waals surface area contributed by atoms with Gasteiger partial charge in [-0.15, -0.1) is 0 Å². The third-order valence-electron chi connectivity index (χ3n) is 3.21. The fraction of sp³-hybridized carbons (Fsp3) is 0.267. The number of Topliss-reactive ketones (excluding diaryl/α,β-unsaturated/α-hetero) is 1. The number of ketones is 1. The van der Waals surface area contributed by atoms with Crippen LogP contribution < -0.4 is 10.7 Å². The Morgan fingerprint density at radius 3 is 2.18 bits per heavy atom. The van der Waals surface area contributed by atoms with Crippen molar-refractivity contribution in [2.75, 3.05) is 0 Å². The minimum absolute atomic E-state index is 0.279. The van der Waals surface area contributed by atoms with E-state index in [4.69, 9.17) is 0 Å². The van der Waals surface area contributed by atoms with Crippen LogP contribution in [0.4, 0.5) is 0 Å². The van der Waals surface area contributed by atoms with Gasteiger partial charge in [0.15, 0.2) is 0 Å². The summed E-state index contributed by atoms with van der Waals surface area (Å²) >= 11 is 0. The van der Waals surface area contributed by atoms with Crippen molar-refractivity contribution in [2.24, 2.45) is 0 Å². The molecule has 2 aromatic rings. The summed E-state index contributed by atoms with van der Waals surface area (Å²) in [4.78, 5) is 11.4. The van der Waals surface area contributed by atoms with Crippen molar-refractivity contribution in [3.8, 4) is 0 Å². The fourth-order valence-corrected chi connectivity index (χ4v) is 2.12. The lowest BCUT2D eigenvalue weighted by Gasteiger charge is -2.02. The molecule has 0 amide bonds. The van der Waals surface area contributed by atoms with Gasteiger partial charge in [0, 0.05) is 40.9 Å². The number of carbonyl (C=O) groups is 1. The highest BCUT2D eigenvalue weighted by molar-refractivity contribution is 5.83. The third-order valence-corrected chi connectivity index (χ3v) is 3.21. The quantitative estimate of drug-likeness (QED) is 0.781. The van der Waals surface area contributed by atoms with Gasteiger partial charge in [-0.3, -0.25) is 4.79 Å². The van der Waals surface area contributed by atoms with Crippen LogP contribution in [0.25, 0.3) is 23.9 Å². The molecule has 2 heteroatoms. The first-order valence-corrected chi connectivity index (χ1v) is 5.92. The highest BCUT2D eigenvalue weighted by Crippen LogP contribution is 2.05. The smallest absolute Gasteiger partial charge is 0.134 e. The zero-order chi connectivity index (χ0) is 12.4. The first kappa shape index (κ1) is 11.6. The molecule has 0 unspecified atom stereocenters. The Kier molecular flexibility index (Phi) is 3.14. The van der Waals surface area contributed by atoms with E-state index in [1.54, 1.807) is 0 Å². The molecule has 0 spiro atoms. The molecule has 0 aliphatic carbocycles. The molecule has 17 heavy (non-hydrogen) atoms. The number of hydrogen-bond acceptors (Lipinski definition) is 1. The molecule has 0 aliphatic heterocycles. The van der Waals surface area contributed by atoms with E-state index in [9.17, 15) is 4.79 Å². The van der Waals surface area contributed by atoms with Crippen LogP contribution in [0.1, 0.15) is 19.8 Å². The van der Waals surface area contributed by atoms with Crippen LogP contribution in [-0.2, 0) is 11.3 Å². The summed E-state index contributed by atoms with van der Waals surface area (Å²) in [7, 11) is 0. The Morgan fingerprint density at radius 2 is 1.71 bits per heavy atom. The standard InChI is InChI=1S/C15H17NO/c1-4-13(17)9-10-16-11(2)14-7-5-6-8-15(14)12(16)3/h5-8H,2-4,9-10H2,1H3. The van der Waals surface area contributed by atoms with Crippen molar-refractivity contribution in [2.45, 2.75) is 26.3 Å². The summed E-state index contributed by atoms with van der Waals surface area (Å²) < 4.78 is 2.04. The van der Waals surface area contributed by atoms with Crippen molar-refractivity contribution in [1.82, 2.24) is 4.57 Å². The van der Waals surface area contributed by atoms with Crippen LogP contribution in [0.5, 0.6) is 0 Å². The van der Waals surface area contributed by atoms with Crippen molar-refractivity contribution in [3.63, 3.8) is 0 Å². The van der Waals surface area contributed by atoms with Gasteiger partial charge in [-0.1, -0.05) is 44.3 Å². The molecule has 1 aromatic carbocycles. The molecule has 2 rings (SSSR count). The molecule has 0 aliphatic rings. The SMILES string of the molecule is C=c1c2ccccc2c(=C)n1CCC(=O)CC. The first-order chi connectivity index (χ1) is 8.15. The number of benzene rings is 1. The summed E-state index contributed by atoms with van der Waals surface area (Å²) in [6.45, 7) is 10.7. The summed E-state index contributed by atoms with van der Waals surface area (Å²) in [5.41, 5.74) is 0. The Labute approximate surface area is 101 Å². The number of hydrogen-bond donors (Lipinski definition) is 0. The van der Waals surface area contributed by atoms with Gasteiger partial charge >= 0.3 is 0 Å². The van der Waals surface area contributed by atoms with Crippen LogP contribution in [0.15, 0.2) is 24.3 Å². The summed E-state index contributed by atoms with van der Waals surface area (Å²) in [6.07, 6.45) is 1.16. The molecule has 1 heterocycles. The largest absolute Gasteiger partial charge is 0.341 e.